The second-order valence-electron chi connectivity index (χ2n) is 12.6. The second-order valence-corrected chi connectivity index (χ2v) is 12.6. The van der Waals surface area contributed by atoms with E-state index in [1.165, 1.54) is 88.3 Å². The fraction of sp³-hybridized carbons (Fsp3) is 0.111. The highest BCUT2D eigenvalue weighted by molar-refractivity contribution is 6.12. The first-order chi connectivity index (χ1) is 22.3. The summed E-state index contributed by atoms with van der Waals surface area (Å²) in [5, 5.41) is 5.29. The molecule has 0 saturated heterocycles. The van der Waals surface area contributed by atoms with Crippen LogP contribution < -0.4 is 0 Å². The van der Waals surface area contributed by atoms with Crippen molar-refractivity contribution in [2.24, 2.45) is 0 Å². The van der Waals surface area contributed by atoms with Crippen LogP contribution in [0.15, 0.2) is 134 Å². The molecule has 3 aliphatic rings. The van der Waals surface area contributed by atoms with Crippen LogP contribution in [0, 0.1) is 0 Å². The van der Waals surface area contributed by atoms with Crippen molar-refractivity contribution in [1.29, 1.82) is 0 Å². The lowest BCUT2D eigenvalue weighted by Gasteiger charge is -2.27. The van der Waals surface area contributed by atoms with E-state index in [1.54, 1.807) is 0 Å². The minimum absolute atomic E-state index is 0.912. The summed E-state index contributed by atoms with van der Waals surface area (Å²) in [6, 6.07) is 36.5. The molecule has 0 heterocycles. The first-order valence-electron chi connectivity index (χ1n) is 16.3. The fourth-order valence-corrected chi connectivity index (χ4v) is 8.14. The molecule has 9 rings (SSSR count). The molecule has 0 unspecified atom stereocenters. The van der Waals surface area contributed by atoms with E-state index in [1.807, 2.05) is 0 Å². The second kappa shape index (κ2) is 10.8. The Morgan fingerprint density at radius 1 is 0.378 bits per heavy atom. The molecule has 0 fully saturated rings. The molecule has 6 aromatic rings. The topological polar surface area (TPSA) is 0 Å². The average molecular weight is 575 g/mol. The zero-order chi connectivity index (χ0) is 29.7. The Labute approximate surface area is 265 Å². The number of hydrogen-bond donors (Lipinski definition) is 0. The minimum Gasteiger partial charge on any atom is -0.0801 e. The molecule has 0 spiro atoms. The van der Waals surface area contributed by atoms with Gasteiger partial charge in [0.25, 0.3) is 0 Å². The van der Waals surface area contributed by atoms with E-state index in [0.717, 1.165) is 32.1 Å². The Hall–Kier alpha value is -5.20. The summed E-state index contributed by atoms with van der Waals surface area (Å²) in [5.74, 6) is 0. The maximum atomic E-state index is 2.43. The number of rotatable bonds is 2. The van der Waals surface area contributed by atoms with Gasteiger partial charge in [-0.2, -0.15) is 0 Å². The Balaban J connectivity index is 1.39. The molecule has 0 nitrogen and oxygen atoms in total. The summed E-state index contributed by atoms with van der Waals surface area (Å²) in [5.41, 5.74) is 17.1. The summed E-state index contributed by atoms with van der Waals surface area (Å²) in [6.07, 6.45) is 23.4. The van der Waals surface area contributed by atoms with Crippen LogP contribution in [0.25, 0.3) is 56.0 Å². The van der Waals surface area contributed by atoms with Gasteiger partial charge in [0.15, 0.2) is 0 Å². The molecule has 0 saturated carbocycles. The maximum Gasteiger partial charge on any atom is -0.000798 e. The molecule has 214 valence electrons. The molecule has 45 heavy (non-hydrogen) atoms. The molecule has 0 heteroatoms. The molecule has 0 aromatic heterocycles. The van der Waals surface area contributed by atoms with Crippen molar-refractivity contribution >= 4 is 33.7 Å². The third-order valence-corrected chi connectivity index (χ3v) is 10.2. The summed E-state index contributed by atoms with van der Waals surface area (Å²) in [4.78, 5) is 0. The van der Waals surface area contributed by atoms with Gasteiger partial charge in [-0.25, -0.2) is 0 Å². The number of hydrogen-bond acceptors (Lipinski definition) is 0. The van der Waals surface area contributed by atoms with E-state index in [0.29, 0.717) is 0 Å². The van der Waals surface area contributed by atoms with Gasteiger partial charge in [0.1, 0.15) is 0 Å². The maximum absolute atomic E-state index is 2.43. The van der Waals surface area contributed by atoms with Crippen LogP contribution in [0.1, 0.15) is 44.5 Å². The van der Waals surface area contributed by atoms with Gasteiger partial charge in [-0.3, -0.25) is 0 Å². The van der Waals surface area contributed by atoms with E-state index >= 15 is 0 Å². The Morgan fingerprint density at radius 2 is 1.00 bits per heavy atom. The van der Waals surface area contributed by atoms with Crippen LogP contribution in [0.2, 0.25) is 0 Å². The SMILES string of the molecule is C1=C\Cc2c(c(-c3cccc4ccccc34)c3ccccc3c2-c2ccc3c4c2C/C=C\c2cccc(c2C4)C/C=C\3)C\C=C/1. The van der Waals surface area contributed by atoms with Crippen LogP contribution in [0.3, 0.4) is 0 Å². The van der Waals surface area contributed by atoms with Crippen molar-refractivity contribution in [1.82, 2.24) is 0 Å². The van der Waals surface area contributed by atoms with Crippen molar-refractivity contribution in [2.75, 3.05) is 0 Å². The third-order valence-electron chi connectivity index (χ3n) is 10.2. The van der Waals surface area contributed by atoms with Crippen molar-refractivity contribution < 1.29 is 0 Å². The molecule has 6 aromatic carbocycles. The molecule has 2 bridgehead atoms. The molecule has 0 radical (unpaired) electrons. The zero-order valence-electron chi connectivity index (χ0n) is 25.4. The van der Waals surface area contributed by atoms with Crippen molar-refractivity contribution in [3.05, 3.63) is 178 Å². The Bertz CT molecular complexity index is 2280. The molecular formula is C45H34. The van der Waals surface area contributed by atoms with Crippen molar-refractivity contribution in [3.8, 4) is 22.3 Å². The van der Waals surface area contributed by atoms with E-state index in [4.69, 9.17) is 0 Å². The van der Waals surface area contributed by atoms with Crippen molar-refractivity contribution in [3.63, 3.8) is 0 Å². The largest absolute Gasteiger partial charge is 0.0801 e. The lowest BCUT2D eigenvalue weighted by molar-refractivity contribution is 1.05. The van der Waals surface area contributed by atoms with Crippen LogP contribution in [-0.4, -0.2) is 0 Å². The first kappa shape index (κ1) is 26.2. The Kier molecular flexibility index (Phi) is 6.27. The van der Waals surface area contributed by atoms with Crippen molar-refractivity contribution in [2.45, 2.75) is 32.1 Å². The van der Waals surface area contributed by atoms with Crippen LogP contribution in [-0.2, 0) is 32.1 Å². The van der Waals surface area contributed by atoms with Gasteiger partial charge < -0.3 is 0 Å². The summed E-state index contributed by atoms with van der Waals surface area (Å²) in [7, 11) is 0. The number of fused-ring (bicyclic) bond motifs is 3. The number of allylic oxidation sites excluding steroid dienone is 6. The van der Waals surface area contributed by atoms with E-state index in [2.05, 4.69) is 146 Å². The lowest BCUT2D eigenvalue weighted by atomic mass is 9.77. The predicted octanol–water partition coefficient (Wildman–Crippen LogP) is 11.3. The molecule has 0 atom stereocenters. The average Bonchev–Trinajstić information content (AvgIpc) is 3.04. The summed E-state index contributed by atoms with van der Waals surface area (Å²) < 4.78 is 0. The fourth-order valence-electron chi connectivity index (χ4n) is 8.14. The van der Waals surface area contributed by atoms with Crippen LogP contribution >= 0.6 is 0 Å². The highest BCUT2D eigenvalue weighted by Gasteiger charge is 2.25. The smallest absolute Gasteiger partial charge is 0.000798 e. The van der Waals surface area contributed by atoms with E-state index in [9.17, 15) is 0 Å². The van der Waals surface area contributed by atoms with Crippen LogP contribution in [0.4, 0.5) is 0 Å². The predicted molar refractivity (Wildman–Crippen MR) is 193 cm³/mol. The van der Waals surface area contributed by atoms with E-state index < -0.39 is 0 Å². The van der Waals surface area contributed by atoms with Gasteiger partial charge in [0.2, 0.25) is 0 Å². The van der Waals surface area contributed by atoms with Crippen LogP contribution in [0.5, 0.6) is 0 Å². The molecule has 3 aliphatic carbocycles. The van der Waals surface area contributed by atoms with Gasteiger partial charge in [-0.05, 0) is 120 Å². The lowest BCUT2D eigenvalue weighted by Crippen LogP contribution is -2.09. The summed E-state index contributed by atoms with van der Waals surface area (Å²) in [6.45, 7) is 0. The molecule has 0 aliphatic heterocycles. The van der Waals surface area contributed by atoms with Gasteiger partial charge >= 0.3 is 0 Å². The Morgan fingerprint density at radius 3 is 1.80 bits per heavy atom. The normalized spacial score (nSPS) is 17.6. The standard InChI is InChI=1S/C45H34/c1-2-4-22-38-37(21-3-1)44(36-26-12-18-30-13-5-6-20-34(30)36)39-23-7-8-24-40(39)45(38)41-28-27-33-17-10-16-31-14-9-15-32-19-11-25-35(41)43(33)29-42(31)32/h1-15,17-20,23-24,26-28H,16,21-22,25,29H2/b3-1-,4-2-,17-10-,19-11-. The monoisotopic (exact) mass is 574 g/mol. The van der Waals surface area contributed by atoms with Gasteiger partial charge in [-0.15, -0.1) is 0 Å². The third kappa shape index (κ3) is 4.28. The van der Waals surface area contributed by atoms with Gasteiger partial charge in [0.05, 0.1) is 0 Å². The molecule has 0 amide bonds. The molecule has 0 N–H and O–H groups in total. The number of benzene rings is 6. The highest BCUT2D eigenvalue weighted by atomic mass is 14.3. The molecular weight excluding hydrogens is 540 g/mol. The first-order valence-corrected chi connectivity index (χ1v) is 16.3. The zero-order valence-corrected chi connectivity index (χ0v) is 25.4. The van der Waals surface area contributed by atoms with Gasteiger partial charge in [0, 0.05) is 0 Å². The highest BCUT2D eigenvalue weighted by Crippen LogP contribution is 2.47. The quantitative estimate of drug-likeness (QED) is 0.193. The summed E-state index contributed by atoms with van der Waals surface area (Å²) >= 11 is 0. The minimum atomic E-state index is 0.912. The van der Waals surface area contributed by atoms with Gasteiger partial charge in [-0.1, -0.05) is 146 Å². The van der Waals surface area contributed by atoms with E-state index in [-0.39, 0.29) is 0 Å².